The van der Waals surface area contributed by atoms with Crippen molar-refractivity contribution >= 4 is 5.97 Å². The average Bonchev–Trinajstić information content (AvgIpc) is 3.02. The molecule has 1 N–H and O–H groups in total. The highest BCUT2D eigenvalue weighted by Crippen LogP contribution is 2.30. The number of carbonyl (C=O) groups is 1. The van der Waals surface area contributed by atoms with E-state index >= 15 is 0 Å². The average molecular weight is 295 g/mol. The second-order valence-electron chi connectivity index (χ2n) is 5.62. The zero-order valence-electron chi connectivity index (χ0n) is 12.9. The third kappa shape index (κ3) is 3.86. The van der Waals surface area contributed by atoms with Crippen LogP contribution in [0.25, 0.3) is 0 Å². The van der Waals surface area contributed by atoms with Crippen LogP contribution in [0, 0.1) is 0 Å². The van der Waals surface area contributed by atoms with Gasteiger partial charge in [0.1, 0.15) is 5.76 Å². The predicted octanol–water partition coefficient (Wildman–Crippen LogP) is 2.75. The van der Waals surface area contributed by atoms with Gasteiger partial charge in [-0.15, -0.1) is 0 Å². The van der Waals surface area contributed by atoms with E-state index in [-0.39, 0.29) is 18.4 Å². The Kier molecular flexibility index (Phi) is 5.82. The first-order chi connectivity index (χ1) is 10.2. The number of rotatable bonds is 6. The monoisotopic (exact) mass is 295 g/mol. The summed E-state index contributed by atoms with van der Waals surface area (Å²) in [5, 5.41) is 9.35. The molecule has 0 spiro atoms. The summed E-state index contributed by atoms with van der Waals surface area (Å²) in [5.74, 6) is 0.515. The summed E-state index contributed by atoms with van der Waals surface area (Å²) in [4.78, 5) is 13.8. The van der Waals surface area contributed by atoms with E-state index in [2.05, 4.69) is 16.6 Å². The van der Waals surface area contributed by atoms with Gasteiger partial charge in [0.15, 0.2) is 0 Å². The van der Waals surface area contributed by atoms with Crippen LogP contribution in [-0.2, 0) is 4.74 Å². The maximum atomic E-state index is 11.5. The summed E-state index contributed by atoms with van der Waals surface area (Å²) in [5.41, 5.74) is 0. The Labute approximate surface area is 125 Å². The van der Waals surface area contributed by atoms with E-state index in [1.54, 1.807) is 6.07 Å². The van der Waals surface area contributed by atoms with Gasteiger partial charge in [0.05, 0.1) is 19.8 Å². The third-order valence-corrected chi connectivity index (χ3v) is 4.32. The van der Waals surface area contributed by atoms with Gasteiger partial charge in [0.2, 0.25) is 5.76 Å². The standard InChI is InChI=1S/C16H25NO4/c1-12(14-8-9-15(21-14)16(19)20-2)17(10-11-18)13-6-4-3-5-7-13/h8-9,12-13,18H,3-7,10-11H2,1-2H3. The van der Waals surface area contributed by atoms with Crippen molar-refractivity contribution in [2.24, 2.45) is 0 Å². The van der Waals surface area contributed by atoms with Gasteiger partial charge in [-0.25, -0.2) is 4.79 Å². The molecule has 0 saturated heterocycles. The number of carbonyl (C=O) groups excluding carboxylic acids is 1. The number of ether oxygens (including phenoxy) is 1. The molecular formula is C16H25NO4. The van der Waals surface area contributed by atoms with Gasteiger partial charge < -0.3 is 14.3 Å². The molecule has 0 aliphatic heterocycles. The number of methoxy groups -OCH3 is 1. The normalized spacial score (nSPS) is 17.9. The molecule has 1 aliphatic carbocycles. The largest absolute Gasteiger partial charge is 0.463 e. The first-order valence-electron chi connectivity index (χ1n) is 7.72. The van der Waals surface area contributed by atoms with Gasteiger partial charge in [-0.3, -0.25) is 4.90 Å². The van der Waals surface area contributed by atoms with E-state index < -0.39 is 5.97 Å². The Morgan fingerprint density at radius 1 is 1.43 bits per heavy atom. The van der Waals surface area contributed by atoms with Crippen molar-refractivity contribution in [3.8, 4) is 0 Å². The van der Waals surface area contributed by atoms with Crippen LogP contribution >= 0.6 is 0 Å². The van der Waals surface area contributed by atoms with Crippen LogP contribution in [-0.4, -0.2) is 42.3 Å². The van der Waals surface area contributed by atoms with Crippen LogP contribution in [0.4, 0.5) is 0 Å². The second-order valence-corrected chi connectivity index (χ2v) is 5.62. The molecule has 1 saturated carbocycles. The molecule has 118 valence electrons. The van der Waals surface area contributed by atoms with Gasteiger partial charge in [-0.05, 0) is 31.9 Å². The Hall–Kier alpha value is -1.33. The lowest BCUT2D eigenvalue weighted by Crippen LogP contribution is -2.40. The van der Waals surface area contributed by atoms with E-state index in [9.17, 15) is 9.90 Å². The van der Waals surface area contributed by atoms with Crippen molar-refractivity contribution in [1.82, 2.24) is 4.90 Å². The Bertz CT molecular complexity index is 451. The van der Waals surface area contributed by atoms with Gasteiger partial charge >= 0.3 is 5.97 Å². The lowest BCUT2D eigenvalue weighted by molar-refractivity contribution is 0.0543. The molecule has 0 aromatic carbocycles. The van der Waals surface area contributed by atoms with Gasteiger partial charge in [-0.1, -0.05) is 19.3 Å². The van der Waals surface area contributed by atoms with E-state index in [0.29, 0.717) is 12.6 Å². The van der Waals surface area contributed by atoms with Crippen molar-refractivity contribution in [3.05, 3.63) is 23.7 Å². The van der Waals surface area contributed by atoms with Crippen molar-refractivity contribution in [2.45, 2.75) is 51.1 Å². The lowest BCUT2D eigenvalue weighted by atomic mass is 9.93. The summed E-state index contributed by atoms with van der Waals surface area (Å²) >= 11 is 0. The predicted molar refractivity (Wildman–Crippen MR) is 79.1 cm³/mol. The Balaban J connectivity index is 2.11. The zero-order chi connectivity index (χ0) is 15.2. The van der Waals surface area contributed by atoms with Crippen LogP contribution in [0.15, 0.2) is 16.5 Å². The van der Waals surface area contributed by atoms with Gasteiger partial charge in [0.25, 0.3) is 0 Å². The van der Waals surface area contributed by atoms with Crippen LogP contribution in [0.1, 0.15) is 61.4 Å². The summed E-state index contributed by atoms with van der Waals surface area (Å²) in [6.07, 6.45) is 6.10. The highest BCUT2D eigenvalue weighted by Gasteiger charge is 2.28. The molecule has 1 aromatic rings. The third-order valence-electron chi connectivity index (χ3n) is 4.32. The molecule has 1 heterocycles. The number of hydrogen-bond donors (Lipinski definition) is 1. The van der Waals surface area contributed by atoms with Crippen molar-refractivity contribution in [3.63, 3.8) is 0 Å². The smallest absolute Gasteiger partial charge is 0.373 e. The first kappa shape index (κ1) is 16.0. The van der Waals surface area contributed by atoms with Crippen molar-refractivity contribution in [1.29, 1.82) is 0 Å². The summed E-state index contributed by atoms with van der Waals surface area (Å²) in [6.45, 7) is 2.82. The molecule has 0 bridgehead atoms. The van der Waals surface area contributed by atoms with Gasteiger partial charge in [-0.2, -0.15) is 0 Å². The zero-order valence-corrected chi connectivity index (χ0v) is 12.9. The molecule has 5 heteroatoms. The van der Waals surface area contributed by atoms with E-state index in [4.69, 9.17) is 4.42 Å². The minimum absolute atomic E-state index is 0.0404. The number of furan rings is 1. The molecule has 5 nitrogen and oxygen atoms in total. The summed E-state index contributed by atoms with van der Waals surface area (Å²) in [6, 6.07) is 3.99. The van der Waals surface area contributed by atoms with Crippen LogP contribution in [0.3, 0.4) is 0 Å². The van der Waals surface area contributed by atoms with Crippen LogP contribution < -0.4 is 0 Å². The number of esters is 1. The topological polar surface area (TPSA) is 62.9 Å². The maximum Gasteiger partial charge on any atom is 0.373 e. The molecule has 1 aromatic heterocycles. The number of nitrogens with zero attached hydrogens (tertiary/aromatic N) is 1. The van der Waals surface area contributed by atoms with E-state index in [1.807, 2.05) is 6.07 Å². The van der Waals surface area contributed by atoms with Crippen molar-refractivity contribution in [2.75, 3.05) is 20.3 Å². The lowest BCUT2D eigenvalue weighted by Gasteiger charge is -2.37. The Morgan fingerprint density at radius 2 is 2.14 bits per heavy atom. The molecule has 1 unspecified atom stereocenters. The molecule has 0 radical (unpaired) electrons. The molecule has 21 heavy (non-hydrogen) atoms. The quantitative estimate of drug-likeness (QED) is 0.818. The van der Waals surface area contributed by atoms with Gasteiger partial charge in [0, 0.05) is 12.6 Å². The molecule has 1 aliphatic rings. The van der Waals surface area contributed by atoms with E-state index in [1.165, 1.54) is 26.4 Å². The molecule has 0 amide bonds. The fourth-order valence-corrected chi connectivity index (χ4v) is 3.17. The fourth-order valence-electron chi connectivity index (χ4n) is 3.17. The number of aliphatic hydroxyl groups excluding tert-OH is 1. The minimum atomic E-state index is -0.458. The van der Waals surface area contributed by atoms with E-state index in [0.717, 1.165) is 18.6 Å². The van der Waals surface area contributed by atoms with Crippen molar-refractivity contribution < 1.29 is 19.1 Å². The highest BCUT2D eigenvalue weighted by atomic mass is 16.5. The first-order valence-corrected chi connectivity index (χ1v) is 7.72. The molecule has 2 rings (SSSR count). The minimum Gasteiger partial charge on any atom is -0.463 e. The molecule has 1 atom stereocenters. The summed E-state index contributed by atoms with van der Waals surface area (Å²) < 4.78 is 10.3. The number of aliphatic hydroxyl groups is 1. The maximum absolute atomic E-state index is 11.5. The highest BCUT2D eigenvalue weighted by molar-refractivity contribution is 5.86. The SMILES string of the molecule is COC(=O)c1ccc(C(C)N(CCO)C2CCCCC2)o1. The molecule has 1 fully saturated rings. The van der Waals surface area contributed by atoms with Crippen LogP contribution in [0.2, 0.25) is 0 Å². The number of hydrogen-bond acceptors (Lipinski definition) is 5. The van der Waals surface area contributed by atoms with Crippen LogP contribution in [0.5, 0.6) is 0 Å². The summed E-state index contributed by atoms with van der Waals surface area (Å²) in [7, 11) is 1.34. The Morgan fingerprint density at radius 3 is 2.76 bits per heavy atom. The fraction of sp³-hybridized carbons (Fsp3) is 0.688. The second kappa shape index (κ2) is 7.61. The molecular weight excluding hydrogens is 270 g/mol.